The molecule has 5 heteroatoms. The van der Waals surface area contributed by atoms with Gasteiger partial charge in [-0.3, -0.25) is 9.48 Å². The molecule has 1 saturated carbocycles. The predicted molar refractivity (Wildman–Crippen MR) is 91.3 cm³/mol. The average Bonchev–Trinajstić information content (AvgIpc) is 3.29. The molecule has 1 aromatic heterocycles. The van der Waals surface area contributed by atoms with E-state index in [1.54, 1.807) is 0 Å². The summed E-state index contributed by atoms with van der Waals surface area (Å²) in [7, 11) is 2.18. The van der Waals surface area contributed by atoms with Gasteiger partial charge in [-0.25, -0.2) is 0 Å². The van der Waals surface area contributed by atoms with Gasteiger partial charge in [0.05, 0.1) is 0 Å². The minimum atomic E-state index is 0.201. The third-order valence-electron chi connectivity index (χ3n) is 5.24. The van der Waals surface area contributed by atoms with Gasteiger partial charge in [0.25, 0.3) is 0 Å². The van der Waals surface area contributed by atoms with Crippen LogP contribution in [0.1, 0.15) is 63.0 Å². The highest BCUT2D eigenvalue weighted by molar-refractivity contribution is 5.75. The summed E-state index contributed by atoms with van der Waals surface area (Å²) < 4.78 is 2.11. The number of likely N-dealkylation sites (tertiary alicyclic amines) is 1. The molecule has 128 valence electrons. The van der Waals surface area contributed by atoms with E-state index in [0.717, 1.165) is 31.8 Å². The summed E-state index contributed by atoms with van der Waals surface area (Å²) in [4.78, 5) is 14.4. The first-order valence-corrected chi connectivity index (χ1v) is 9.22. The summed E-state index contributed by atoms with van der Waals surface area (Å²) in [6.07, 6.45) is 11.0. The van der Waals surface area contributed by atoms with E-state index in [9.17, 15) is 4.79 Å². The van der Waals surface area contributed by atoms with Gasteiger partial charge in [-0.2, -0.15) is 5.10 Å². The van der Waals surface area contributed by atoms with Crippen LogP contribution in [0.25, 0.3) is 0 Å². The zero-order chi connectivity index (χ0) is 16.1. The summed E-state index contributed by atoms with van der Waals surface area (Å²) in [6.45, 7) is 2.84. The molecule has 1 N–H and O–H groups in total. The number of hydrogen-bond acceptors (Lipinski definition) is 3. The number of hydrogen-bond donors (Lipinski definition) is 1. The Morgan fingerprint density at radius 3 is 3.00 bits per heavy atom. The standard InChI is InChI=1S/C18H30N4O/c1-21-13-3-2-5-16(21)8-9-18(23)19-11-4-14-22-17(10-12-20-22)15-6-7-15/h10,12,15-16H,2-9,11,13-14H2,1H3,(H,19,23)/t16-/m1/s1. The van der Waals surface area contributed by atoms with Gasteiger partial charge in [0.1, 0.15) is 0 Å². The van der Waals surface area contributed by atoms with Gasteiger partial charge in [-0.1, -0.05) is 6.42 Å². The van der Waals surface area contributed by atoms with Gasteiger partial charge in [0, 0.05) is 43.4 Å². The van der Waals surface area contributed by atoms with Crippen molar-refractivity contribution >= 4 is 5.91 Å². The highest BCUT2D eigenvalue weighted by atomic mass is 16.1. The largest absolute Gasteiger partial charge is 0.356 e. The molecule has 1 saturated heterocycles. The molecule has 2 aliphatic rings. The fourth-order valence-corrected chi connectivity index (χ4v) is 3.61. The molecule has 0 unspecified atom stereocenters. The van der Waals surface area contributed by atoms with E-state index in [1.807, 2.05) is 6.20 Å². The summed E-state index contributed by atoms with van der Waals surface area (Å²) in [5.41, 5.74) is 1.37. The first-order chi connectivity index (χ1) is 11.2. The van der Waals surface area contributed by atoms with Gasteiger partial charge in [-0.05, 0) is 58.2 Å². The molecule has 2 fully saturated rings. The molecule has 1 aliphatic carbocycles. The van der Waals surface area contributed by atoms with Crippen molar-refractivity contribution in [3.8, 4) is 0 Å². The van der Waals surface area contributed by atoms with Crippen molar-refractivity contribution < 1.29 is 4.79 Å². The predicted octanol–water partition coefficient (Wildman–Crippen LogP) is 2.53. The molecule has 1 amide bonds. The van der Waals surface area contributed by atoms with Crippen molar-refractivity contribution in [2.24, 2.45) is 0 Å². The number of carbonyl (C=O) groups is 1. The highest BCUT2D eigenvalue weighted by Crippen LogP contribution is 2.39. The van der Waals surface area contributed by atoms with Crippen LogP contribution in [0.2, 0.25) is 0 Å². The minimum absolute atomic E-state index is 0.201. The molecule has 0 spiro atoms. The lowest BCUT2D eigenvalue weighted by Gasteiger charge is -2.32. The zero-order valence-electron chi connectivity index (χ0n) is 14.3. The van der Waals surface area contributed by atoms with Crippen LogP contribution in [0.4, 0.5) is 0 Å². The van der Waals surface area contributed by atoms with Crippen LogP contribution in [0.5, 0.6) is 0 Å². The van der Waals surface area contributed by atoms with Crippen molar-refractivity contribution in [1.29, 1.82) is 0 Å². The fourth-order valence-electron chi connectivity index (χ4n) is 3.61. The summed E-state index contributed by atoms with van der Waals surface area (Å²) in [5, 5.41) is 7.46. The Labute approximate surface area is 139 Å². The highest BCUT2D eigenvalue weighted by Gasteiger charge is 2.26. The number of piperidine rings is 1. The van der Waals surface area contributed by atoms with Crippen LogP contribution in [0.15, 0.2) is 12.3 Å². The maximum Gasteiger partial charge on any atom is 0.220 e. The minimum Gasteiger partial charge on any atom is -0.356 e. The van der Waals surface area contributed by atoms with Gasteiger partial charge in [0.2, 0.25) is 5.91 Å². The Kier molecular flexibility index (Phi) is 5.70. The van der Waals surface area contributed by atoms with Crippen molar-refractivity contribution in [2.45, 2.75) is 69.9 Å². The van der Waals surface area contributed by atoms with Crippen LogP contribution in [0.3, 0.4) is 0 Å². The number of rotatable bonds is 8. The van der Waals surface area contributed by atoms with E-state index in [2.05, 4.69) is 33.1 Å². The lowest BCUT2D eigenvalue weighted by Crippen LogP contribution is -2.37. The maximum atomic E-state index is 12.0. The molecule has 1 aliphatic heterocycles. The molecule has 0 radical (unpaired) electrons. The van der Waals surface area contributed by atoms with Gasteiger partial charge in [0.15, 0.2) is 0 Å². The zero-order valence-corrected chi connectivity index (χ0v) is 14.3. The van der Waals surface area contributed by atoms with Gasteiger partial charge in [-0.15, -0.1) is 0 Å². The molecular formula is C18H30N4O. The first-order valence-electron chi connectivity index (χ1n) is 9.22. The summed E-state index contributed by atoms with van der Waals surface area (Å²) in [6, 6.07) is 2.73. The molecule has 0 aromatic carbocycles. The topological polar surface area (TPSA) is 50.2 Å². The second-order valence-corrected chi connectivity index (χ2v) is 7.13. The van der Waals surface area contributed by atoms with Gasteiger partial charge >= 0.3 is 0 Å². The van der Waals surface area contributed by atoms with Crippen LogP contribution < -0.4 is 5.32 Å². The normalized spacial score (nSPS) is 22.2. The lowest BCUT2D eigenvalue weighted by molar-refractivity contribution is -0.121. The van der Waals surface area contributed by atoms with Gasteiger partial charge < -0.3 is 10.2 Å². The number of amides is 1. The smallest absolute Gasteiger partial charge is 0.220 e. The first kappa shape index (κ1) is 16.5. The molecule has 0 bridgehead atoms. The average molecular weight is 318 g/mol. The maximum absolute atomic E-state index is 12.0. The van der Waals surface area contributed by atoms with Crippen LogP contribution >= 0.6 is 0 Å². The van der Waals surface area contributed by atoms with Crippen LogP contribution in [-0.2, 0) is 11.3 Å². The molecular weight excluding hydrogens is 288 g/mol. The number of aromatic nitrogens is 2. The monoisotopic (exact) mass is 318 g/mol. The Morgan fingerprint density at radius 1 is 1.35 bits per heavy atom. The molecule has 5 nitrogen and oxygen atoms in total. The van der Waals surface area contributed by atoms with E-state index < -0.39 is 0 Å². The molecule has 1 atom stereocenters. The fraction of sp³-hybridized carbons (Fsp3) is 0.778. The number of aryl methyl sites for hydroxylation is 1. The Bertz CT molecular complexity index is 509. The van der Waals surface area contributed by atoms with Crippen molar-refractivity contribution in [1.82, 2.24) is 20.0 Å². The number of carbonyl (C=O) groups excluding carboxylic acids is 1. The Hall–Kier alpha value is -1.36. The van der Waals surface area contributed by atoms with E-state index in [4.69, 9.17) is 0 Å². The SMILES string of the molecule is CN1CCCC[C@@H]1CCC(=O)NCCCn1nccc1C1CC1. The second kappa shape index (κ2) is 7.95. The number of nitrogens with zero attached hydrogens (tertiary/aromatic N) is 3. The third-order valence-corrected chi connectivity index (χ3v) is 5.24. The van der Waals surface area contributed by atoms with Crippen molar-refractivity contribution in [3.05, 3.63) is 18.0 Å². The van der Waals surface area contributed by atoms with E-state index in [0.29, 0.717) is 12.5 Å². The van der Waals surface area contributed by atoms with E-state index >= 15 is 0 Å². The summed E-state index contributed by atoms with van der Waals surface area (Å²) in [5.74, 6) is 0.937. The third kappa shape index (κ3) is 4.80. The van der Waals surface area contributed by atoms with Crippen LogP contribution in [-0.4, -0.2) is 46.8 Å². The quantitative estimate of drug-likeness (QED) is 0.749. The van der Waals surface area contributed by atoms with E-state index in [-0.39, 0.29) is 5.91 Å². The van der Waals surface area contributed by atoms with Crippen molar-refractivity contribution in [3.63, 3.8) is 0 Å². The van der Waals surface area contributed by atoms with Crippen molar-refractivity contribution in [2.75, 3.05) is 20.1 Å². The Morgan fingerprint density at radius 2 is 2.22 bits per heavy atom. The molecule has 23 heavy (non-hydrogen) atoms. The molecule has 1 aromatic rings. The van der Waals surface area contributed by atoms with E-state index in [1.165, 1.54) is 44.3 Å². The lowest BCUT2D eigenvalue weighted by atomic mass is 9.98. The second-order valence-electron chi connectivity index (χ2n) is 7.13. The Balaban J connectivity index is 1.29. The number of nitrogens with one attached hydrogen (secondary N) is 1. The van der Waals surface area contributed by atoms with Crippen LogP contribution in [0, 0.1) is 0 Å². The summed E-state index contributed by atoms with van der Waals surface area (Å²) >= 11 is 0. The molecule has 3 rings (SSSR count). The molecule has 2 heterocycles.